The number of likely N-dealkylation sites (N-methyl/N-ethyl adjacent to an activating group) is 2. The first-order valence-corrected chi connectivity index (χ1v) is 8.55. The number of nitrogens with zero attached hydrogens (tertiary/aromatic N) is 2. The normalized spacial score (nSPS) is 30.9. The number of carbonyl (C=O) groups is 1. The summed E-state index contributed by atoms with van der Waals surface area (Å²) in [7, 11) is 2.20. The van der Waals surface area contributed by atoms with Crippen LogP contribution in [0.15, 0.2) is 0 Å². The Balaban J connectivity index is 1.87. The van der Waals surface area contributed by atoms with Crippen molar-refractivity contribution in [1.29, 1.82) is 0 Å². The Hall–Kier alpha value is -0.650. The number of primary amides is 1. The smallest absolute Gasteiger partial charge is 0.237 e. The van der Waals surface area contributed by atoms with Crippen LogP contribution in [0.5, 0.6) is 0 Å². The van der Waals surface area contributed by atoms with E-state index in [9.17, 15) is 4.79 Å². The van der Waals surface area contributed by atoms with Gasteiger partial charge in [-0.3, -0.25) is 4.79 Å². The van der Waals surface area contributed by atoms with Gasteiger partial charge in [0.25, 0.3) is 0 Å². The van der Waals surface area contributed by atoms with Gasteiger partial charge in [0.1, 0.15) is 0 Å². The molecule has 0 aromatic heterocycles. The molecule has 0 aromatic carbocycles. The van der Waals surface area contributed by atoms with Crippen molar-refractivity contribution >= 4 is 5.91 Å². The Morgan fingerprint density at radius 2 is 2.10 bits per heavy atom. The summed E-state index contributed by atoms with van der Waals surface area (Å²) in [6, 6.07) is 0.466. The van der Waals surface area contributed by atoms with Crippen LogP contribution < -0.4 is 11.1 Å². The fourth-order valence-corrected chi connectivity index (χ4v) is 3.92. The zero-order valence-corrected chi connectivity index (χ0v) is 13.7. The predicted molar refractivity (Wildman–Crippen MR) is 86.2 cm³/mol. The van der Waals surface area contributed by atoms with E-state index >= 15 is 0 Å². The number of nitrogens with two attached hydrogens (primary N) is 1. The number of rotatable bonds is 7. The van der Waals surface area contributed by atoms with Gasteiger partial charge in [-0.1, -0.05) is 6.92 Å². The first kappa shape index (κ1) is 16.7. The lowest BCUT2D eigenvalue weighted by Gasteiger charge is -2.42. The van der Waals surface area contributed by atoms with Crippen molar-refractivity contribution in [2.75, 3.05) is 39.8 Å². The van der Waals surface area contributed by atoms with Crippen LogP contribution in [-0.4, -0.2) is 67.1 Å². The predicted octanol–water partition coefficient (Wildman–Crippen LogP) is 0.790. The number of hydrogen-bond acceptors (Lipinski definition) is 4. The van der Waals surface area contributed by atoms with Gasteiger partial charge in [-0.25, -0.2) is 0 Å². The highest BCUT2D eigenvalue weighted by atomic mass is 16.1. The summed E-state index contributed by atoms with van der Waals surface area (Å²) in [5.74, 6) is -0.179. The van der Waals surface area contributed by atoms with Gasteiger partial charge in [-0.15, -0.1) is 0 Å². The molecule has 1 saturated heterocycles. The average molecular weight is 296 g/mol. The maximum atomic E-state index is 11.9. The number of likely N-dealkylation sites (tertiary alicyclic amines) is 1. The number of hydrogen-bond donors (Lipinski definition) is 2. The Bertz CT molecular complexity index is 339. The first-order chi connectivity index (χ1) is 10.1. The van der Waals surface area contributed by atoms with Crippen LogP contribution in [0.2, 0.25) is 0 Å². The van der Waals surface area contributed by atoms with Crippen LogP contribution >= 0.6 is 0 Å². The molecule has 0 radical (unpaired) electrons. The largest absolute Gasteiger partial charge is 0.368 e. The van der Waals surface area contributed by atoms with E-state index in [1.807, 2.05) is 6.92 Å². The standard InChI is InChI=1S/C16H32N4O/c1-3-18-16(15(17)21)8-6-7-14(13-16)19(2)11-12-20-9-4-5-10-20/h14,18H,3-13H2,1-2H3,(H2,17,21). The molecule has 2 fully saturated rings. The van der Waals surface area contributed by atoms with E-state index in [1.54, 1.807) is 0 Å². The van der Waals surface area contributed by atoms with Crippen molar-refractivity contribution in [3.63, 3.8) is 0 Å². The van der Waals surface area contributed by atoms with E-state index in [-0.39, 0.29) is 5.91 Å². The second kappa shape index (κ2) is 7.56. The van der Waals surface area contributed by atoms with Gasteiger partial charge < -0.3 is 20.9 Å². The van der Waals surface area contributed by atoms with Crippen molar-refractivity contribution < 1.29 is 4.79 Å². The van der Waals surface area contributed by atoms with Gasteiger partial charge in [-0.05, 0) is 65.2 Å². The highest BCUT2D eigenvalue weighted by Gasteiger charge is 2.41. The minimum absolute atomic E-state index is 0.179. The topological polar surface area (TPSA) is 61.6 Å². The number of amides is 1. The van der Waals surface area contributed by atoms with Crippen LogP contribution in [0.3, 0.4) is 0 Å². The van der Waals surface area contributed by atoms with E-state index in [0.717, 1.165) is 38.9 Å². The van der Waals surface area contributed by atoms with Crippen LogP contribution in [0, 0.1) is 0 Å². The highest BCUT2D eigenvalue weighted by molar-refractivity contribution is 5.84. The molecule has 122 valence electrons. The Labute approximate surface area is 129 Å². The summed E-state index contributed by atoms with van der Waals surface area (Å²) in [6.45, 7) is 7.59. The lowest BCUT2D eigenvalue weighted by molar-refractivity contribution is -0.126. The Kier molecular flexibility index (Phi) is 6.02. The molecule has 21 heavy (non-hydrogen) atoms. The summed E-state index contributed by atoms with van der Waals surface area (Å²) >= 11 is 0. The molecule has 1 aliphatic heterocycles. The molecule has 0 bridgehead atoms. The first-order valence-electron chi connectivity index (χ1n) is 8.55. The monoisotopic (exact) mass is 296 g/mol. The highest BCUT2D eigenvalue weighted by Crippen LogP contribution is 2.30. The van der Waals surface area contributed by atoms with Gasteiger partial charge in [0, 0.05) is 19.1 Å². The Morgan fingerprint density at radius 1 is 1.38 bits per heavy atom. The van der Waals surface area contributed by atoms with Crippen LogP contribution in [-0.2, 0) is 4.79 Å². The molecule has 1 saturated carbocycles. The van der Waals surface area contributed by atoms with Crippen molar-refractivity contribution in [1.82, 2.24) is 15.1 Å². The molecular weight excluding hydrogens is 264 g/mol. The molecule has 1 amide bonds. The van der Waals surface area contributed by atoms with Gasteiger partial charge in [-0.2, -0.15) is 0 Å². The van der Waals surface area contributed by atoms with E-state index < -0.39 is 5.54 Å². The molecule has 2 rings (SSSR count). The molecular formula is C16H32N4O. The molecule has 0 aromatic rings. The number of nitrogens with one attached hydrogen (secondary N) is 1. The minimum Gasteiger partial charge on any atom is -0.368 e. The lowest BCUT2D eigenvalue weighted by Crippen LogP contribution is -2.60. The molecule has 1 heterocycles. The average Bonchev–Trinajstić information content (AvgIpc) is 2.98. The fourth-order valence-electron chi connectivity index (χ4n) is 3.92. The van der Waals surface area contributed by atoms with Crippen molar-refractivity contribution in [2.24, 2.45) is 5.73 Å². The number of carbonyl (C=O) groups excluding carboxylic acids is 1. The summed E-state index contributed by atoms with van der Waals surface area (Å²) in [6.07, 6.45) is 6.68. The van der Waals surface area contributed by atoms with Crippen molar-refractivity contribution in [3.8, 4) is 0 Å². The third kappa shape index (κ3) is 4.18. The van der Waals surface area contributed by atoms with Crippen molar-refractivity contribution in [2.45, 2.75) is 57.0 Å². The fraction of sp³-hybridized carbons (Fsp3) is 0.938. The third-order valence-electron chi connectivity index (χ3n) is 5.30. The second-order valence-corrected chi connectivity index (χ2v) is 6.76. The lowest BCUT2D eigenvalue weighted by atomic mass is 9.78. The van der Waals surface area contributed by atoms with E-state index in [2.05, 4.69) is 22.2 Å². The van der Waals surface area contributed by atoms with Crippen LogP contribution in [0.4, 0.5) is 0 Å². The zero-order valence-electron chi connectivity index (χ0n) is 13.7. The zero-order chi connectivity index (χ0) is 15.3. The molecule has 3 N–H and O–H groups in total. The summed E-state index contributed by atoms with van der Waals surface area (Å²) < 4.78 is 0. The van der Waals surface area contributed by atoms with E-state index in [1.165, 1.54) is 32.4 Å². The molecule has 0 spiro atoms. The molecule has 2 aliphatic rings. The van der Waals surface area contributed by atoms with E-state index in [4.69, 9.17) is 5.73 Å². The van der Waals surface area contributed by atoms with Crippen molar-refractivity contribution in [3.05, 3.63) is 0 Å². The van der Waals surface area contributed by atoms with Gasteiger partial charge in [0.05, 0.1) is 5.54 Å². The van der Waals surface area contributed by atoms with Crippen LogP contribution in [0.25, 0.3) is 0 Å². The molecule has 2 unspecified atom stereocenters. The summed E-state index contributed by atoms with van der Waals surface area (Å²) in [5.41, 5.74) is 5.21. The maximum Gasteiger partial charge on any atom is 0.237 e. The summed E-state index contributed by atoms with van der Waals surface area (Å²) in [5, 5.41) is 3.37. The second-order valence-electron chi connectivity index (χ2n) is 6.76. The maximum absolute atomic E-state index is 11.9. The van der Waals surface area contributed by atoms with E-state index in [0.29, 0.717) is 6.04 Å². The summed E-state index contributed by atoms with van der Waals surface area (Å²) in [4.78, 5) is 16.9. The molecule has 1 aliphatic carbocycles. The quantitative estimate of drug-likeness (QED) is 0.729. The molecule has 5 nitrogen and oxygen atoms in total. The SMILES string of the molecule is CCNC1(C(N)=O)CCCC(N(C)CCN2CCCC2)C1. The van der Waals surface area contributed by atoms with Gasteiger partial charge in [0.2, 0.25) is 5.91 Å². The molecule has 2 atom stereocenters. The Morgan fingerprint density at radius 3 is 2.71 bits per heavy atom. The molecule has 5 heteroatoms. The third-order valence-corrected chi connectivity index (χ3v) is 5.30. The van der Waals surface area contributed by atoms with Crippen LogP contribution in [0.1, 0.15) is 45.4 Å². The minimum atomic E-state index is -0.487. The van der Waals surface area contributed by atoms with Gasteiger partial charge >= 0.3 is 0 Å². The van der Waals surface area contributed by atoms with Gasteiger partial charge in [0.15, 0.2) is 0 Å².